The van der Waals surface area contributed by atoms with Crippen LogP contribution in [0, 0.1) is 0 Å². The van der Waals surface area contributed by atoms with Crippen LogP contribution in [0.15, 0.2) is 48.5 Å². The van der Waals surface area contributed by atoms with Gasteiger partial charge >= 0.3 is 6.03 Å². The number of hydrogen-bond donors (Lipinski definition) is 3. The van der Waals surface area contributed by atoms with Crippen LogP contribution in [-0.4, -0.2) is 53.2 Å². The molecule has 186 valence electrons. The van der Waals surface area contributed by atoms with Gasteiger partial charge in [-0.15, -0.1) is 0 Å². The molecule has 0 radical (unpaired) electrons. The minimum atomic E-state index is -0.266. The average Bonchev–Trinajstić information content (AvgIpc) is 3.34. The quantitative estimate of drug-likeness (QED) is 0.452. The molecule has 1 aromatic heterocycles. The van der Waals surface area contributed by atoms with Crippen molar-refractivity contribution in [1.82, 2.24) is 25.5 Å². The number of imidazole rings is 1. The van der Waals surface area contributed by atoms with Crippen molar-refractivity contribution in [3.05, 3.63) is 59.9 Å². The minimum Gasteiger partial charge on any atom is -0.497 e. The lowest BCUT2D eigenvalue weighted by Gasteiger charge is -2.39. The van der Waals surface area contributed by atoms with Crippen LogP contribution in [0.5, 0.6) is 5.75 Å². The third-order valence-corrected chi connectivity index (χ3v) is 7.60. The second kappa shape index (κ2) is 11.1. The Morgan fingerprint density at radius 3 is 2.51 bits per heavy atom. The van der Waals surface area contributed by atoms with Crippen molar-refractivity contribution >= 4 is 17.1 Å². The molecule has 2 aliphatic rings. The van der Waals surface area contributed by atoms with Crippen LogP contribution >= 0.6 is 0 Å². The van der Waals surface area contributed by atoms with Crippen molar-refractivity contribution in [2.24, 2.45) is 0 Å². The first-order valence-corrected chi connectivity index (χ1v) is 13.1. The Hall–Kier alpha value is -3.06. The Morgan fingerprint density at radius 2 is 1.80 bits per heavy atom. The zero-order valence-corrected chi connectivity index (χ0v) is 20.6. The summed E-state index contributed by atoms with van der Waals surface area (Å²) in [7, 11) is 1.66. The number of carbonyl (C=O) groups is 1. The number of urea groups is 1. The van der Waals surface area contributed by atoms with Gasteiger partial charge in [0.15, 0.2) is 0 Å². The summed E-state index contributed by atoms with van der Waals surface area (Å²) in [5.41, 5.74) is 2.98. The fourth-order valence-corrected chi connectivity index (χ4v) is 5.59. The number of carbonyl (C=O) groups excluding carboxylic acids is 1. The Kier molecular flexibility index (Phi) is 7.52. The number of benzene rings is 2. The zero-order valence-electron chi connectivity index (χ0n) is 20.6. The third kappa shape index (κ3) is 5.96. The molecule has 2 fully saturated rings. The summed E-state index contributed by atoms with van der Waals surface area (Å²) in [6.45, 7) is 2.16. The van der Waals surface area contributed by atoms with Gasteiger partial charge in [0.1, 0.15) is 11.6 Å². The van der Waals surface area contributed by atoms with Gasteiger partial charge in [0.05, 0.1) is 24.2 Å². The van der Waals surface area contributed by atoms with Crippen LogP contribution in [0.2, 0.25) is 0 Å². The van der Waals surface area contributed by atoms with Crippen LogP contribution in [0.1, 0.15) is 62.4 Å². The molecule has 1 atom stereocenters. The van der Waals surface area contributed by atoms with E-state index in [1.54, 1.807) is 7.11 Å². The summed E-state index contributed by atoms with van der Waals surface area (Å²) in [4.78, 5) is 23.9. The first-order valence-electron chi connectivity index (χ1n) is 13.1. The molecule has 2 amide bonds. The molecular weight excluding hydrogens is 438 g/mol. The predicted molar refractivity (Wildman–Crippen MR) is 139 cm³/mol. The van der Waals surface area contributed by atoms with Crippen LogP contribution < -0.4 is 15.4 Å². The lowest BCUT2D eigenvalue weighted by molar-refractivity contribution is 0.117. The number of fused-ring (bicyclic) bond motifs is 1. The van der Waals surface area contributed by atoms with E-state index in [1.165, 1.54) is 32.1 Å². The van der Waals surface area contributed by atoms with Crippen LogP contribution in [0.3, 0.4) is 0 Å². The van der Waals surface area contributed by atoms with E-state index in [0.717, 1.165) is 60.1 Å². The lowest BCUT2D eigenvalue weighted by Crippen LogP contribution is -2.51. The van der Waals surface area contributed by atoms with E-state index in [1.807, 2.05) is 48.5 Å². The summed E-state index contributed by atoms with van der Waals surface area (Å²) in [6, 6.07) is 16.5. The Bertz CT molecular complexity index is 1060. The van der Waals surface area contributed by atoms with Gasteiger partial charge in [0.2, 0.25) is 0 Å². The molecule has 0 unspecified atom stereocenters. The standard InChI is InChI=1S/C28H37N5O2/c1-35-23-13-11-20(12-14-23)19-26(27-30-24-9-5-6-10-25(24)31-27)32-28(34)29-21-15-17-33(18-16-21)22-7-3-2-4-8-22/h5-6,9-14,21-22,26H,2-4,7-8,15-19H2,1H3,(H,30,31)(H2,29,32,34)/t26-/m1/s1. The summed E-state index contributed by atoms with van der Waals surface area (Å²) in [5, 5.41) is 6.45. The number of ether oxygens (including phenoxy) is 1. The molecule has 35 heavy (non-hydrogen) atoms. The van der Waals surface area contributed by atoms with E-state index in [4.69, 9.17) is 9.72 Å². The molecule has 3 aromatic rings. The normalized spacial score (nSPS) is 18.9. The number of rotatable bonds is 7. The first-order chi connectivity index (χ1) is 17.2. The van der Waals surface area contributed by atoms with Gasteiger partial charge in [-0.25, -0.2) is 9.78 Å². The van der Waals surface area contributed by atoms with E-state index >= 15 is 0 Å². The second-order valence-corrected chi connectivity index (χ2v) is 9.96. The number of para-hydroxylation sites is 2. The van der Waals surface area contributed by atoms with Gasteiger partial charge < -0.3 is 25.3 Å². The molecule has 1 aliphatic heterocycles. The number of H-pyrrole nitrogens is 1. The van der Waals surface area contributed by atoms with Crippen molar-refractivity contribution in [2.75, 3.05) is 20.2 Å². The number of piperidine rings is 1. The molecule has 2 aromatic carbocycles. The molecule has 3 N–H and O–H groups in total. The third-order valence-electron chi connectivity index (χ3n) is 7.60. The molecule has 0 bridgehead atoms. The summed E-state index contributed by atoms with van der Waals surface area (Å²) in [6.07, 6.45) is 9.45. The van der Waals surface area contributed by atoms with E-state index in [2.05, 4.69) is 20.5 Å². The molecule has 1 saturated carbocycles. The lowest BCUT2D eigenvalue weighted by atomic mass is 9.92. The van der Waals surface area contributed by atoms with Crippen LogP contribution in [0.25, 0.3) is 11.0 Å². The van der Waals surface area contributed by atoms with E-state index in [0.29, 0.717) is 6.42 Å². The van der Waals surface area contributed by atoms with E-state index < -0.39 is 0 Å². The largest absolute Gasteiger partial charge is 0.497 e. The minimum absolute atomic E-state index is 0.125. The topological polar surface area (TPSA) is 82.3 Å². The van der Waals surface area contributed by atoms with Crippen LogP contribution in [0.4, 0.5) is 4.79 Å². The second-order valence-electron chi connectivity index (χ2n) is 9.96. The monoisotopic (exact) mass is 475 g/mol. The van der Waals surface area contributed by atoms with Crippen molar-refractivity contribution in [3.8, 4) is 5.75 Å². The average molecular weight is 476 g/mol. The van der Waals surface area contributed by atoms with Gasteiger partial charge in [-0.05, 0) is 61.9 Å². The highest BCUT2D eigenvalue weighted by Crippen LogP contribution is 2.26. The fraction of sp³-hybridized carbons (Fsp3) is 0.500. The maximum atomic E-state index is 13.1. The number of methoxy groups -OCH3 is 1. The van der Waals surface area contributed by atoms with Crippen molar-refractivity contribution in [1.29, 1.82) is 0 Å². The predicted octanol–water partition coefficient (Wildman–Crippen LogP) is 4.95. The summed E-state index contributed by atoms with van der Waals surface area (Å²) < 4.78 is 5.29. The first kappa shape index (κ1) is 23.7. The van der Waals surface area contributed by atoms with Gasteiger partial charge in [0.25, 0.3) is 0 Å². The molecule has 5 rings (SSSR count). The molecule has 0 spiro atoms. The molecule has 2 heterocycles. The van der Waals surface area contributed by atoms with Crippen LogP contribution in [-0.2, 0) is 6.42 Å². The Labute approximate surface area is 207 Å². The van der Waals surface area contributed by atoms with E-state index in [9.17, 15) is 4.79 Å². The van der Waals surface area contributed by atoms with Gasteiger partial charge in [-0.3, -0.25) is 0 Å². The molecule has 7 heteroatoms. The number of likely N-dealkylation sites (tertiary alicyclic amines) is 1. The van der Waals surface area contributed by atoms with Gasteiger partial charge in [-0.1, -0.05) is 43.5 Å². The van der Waals surface area contributed by atoms with Gasteiger partial charge in [0, 0.05) is 25.2 Å². The van der Waals surface area contributed by atoms with Crippen molar-refractivity contribution < 1.29 is 9.53 Å². The summed E-state index contributed by atoms with van der Waals surface area (Å²) >= 11 is 0. The molecule has 1 aliphatic carbocycles. The highest BCUT2D eigenvalue weighted by atomic mass is 16.5. The fourth-order valence-electron chi connectivity index (χ4n) is 5.59. The highest BCUT2D eigenvalue weighted by Gasteiger charge is 2.27. The number of hydrogen-bond acceptors (Lipinski definition) is 4. The Balaban J connectivity index is 1.23. The van der Waals surface area contributed by atoms with E-state index in [-0.39, 0.29) is 18.1 Å². The molecular formula is C28H37N5O2. The number of amides is 2. The SMILES string of the molecule is COc1ccc(C[C@@H](NC(=O)NC2CCN(C3CCCCC3)CC2)c2nc3ccccc3[nH]2)cc1. The highest BCUT2D eigenvalue weighted by molar-refractivity contribution is 5.76. The maximum Gasteiger partial charge on any atom is 0.315 e. The smallest absolute Gasteiger partial charge is 0.315 e. The summed E-state index contributed by atoms with van der Waals surface area (Å²) in [5.74, 6) is 1.59. The molecule has 1 saturated heterocycles. The van der Waals surface area contributed by atoms with Gasteiger partial charge in [-0.2, -0.15) is 0 Å². The number of aromatic amines is 1. The van der Waals surface area contributed by atoms with Crippen molar-refractivity contribution in [3.63, 3.8) is 0 Å². The number of nitrogens with one attached hydrogen (secondary N) is 3. The maximum absolute atomic E-state index is 13.1. The molecule has 7 nitrogen and oxygen atoms in total. The Morgan fingerprint density at radius 1 is 1.06 bits per heavy atom. The number of aromatic nitrogens is 2. The zero-order chi connectivity index (χ0) is 24.0. The van der Waals surface area contributed by atoms with Crippen molar-refractivity contribution in [2.45, 2.75) is 69.5 Å². The number of nitrogens with zero attached hydrogens (tertiary/aromatic N) is 2.